The van der Waals surface area contributed by atoms with Crippen LogP contribution in [0.1, 0.15) is 28.4 Å². The largest absolute Gasteiger partial charge is 0.416 e. The fourth-order valence-corrected chi connectivity index (χ4v) is 2.76. The summed E-state index contributed by atoms with van der Waals surface area (Å²) in [7, 11) is 0. The van der Waals surface area contributed by atoms with Crippen molar-refractivity contribution in [3.63, 3.8) is 0 Å². The summed E-state index contributed by atoms with van der Waals surface area (Å²) in [5, 5.41) is 13.6. The van der Waals surface area contributed by atoms with Crippen molar-refractivity contribution >= 4 is 5.69 Å². The number of nitrogens with one attached hydrogen (secondary N) is 1. The zero-order valence-electron chi connectivity index (χ0n) is 11.1. The average molecular weight is 293 g/mol. The SMILES string of the molecule is OC(c1ccccc1C(F)(F)F)c1cccc2c1NCC2. The predicted molar refractivity (Wildman–Crippen MR) is 74.1 cm³/mol. The van der Waals surface area contributed by atoms with Crippen molar-refractivity contribution in [1.82, 2.24) is 0 Å². The molecule has 110 valence electrons. The molecule has 0 spiro atoms. The Morgan fingerprint density at radius 1 is 1.00 bits per heavy atom. The van der Waals surface area contributed by atoms with Crippen LogP contribution in [0.3, 0.4) is 0 Å². The minimum absolute atomic E-state index is 0.118. The minimum atomic E-state index is -4.48. The Morgan fingerprint density at radius 3 is 2.48 bits per heavy atom. The van der Waals surface area contributed by atoms with E-state index >= 15 is 0 Å². The Hall–Kier alpha value is -2.01. The summed E-state index contributed by atoms with van der Waals surface area (Å²) in [5.74, 6) is 0. The number of halogens is 3. The van der Waals surface area contributed by atoms with Crippen LogP contribution in [0, 0.1) is 0 Å². The van der Waals surface area contributed by atoms with E-state index in [1.54, 1.807) is 12.1 Å². The van der Waals surface area contributed by atoms with Crippen molar-refractivity contribution in [2.24, 2.45) is 0 Å². The van der Waals surface area contributed by atoms with Crippen LogP contribution in [0.25, 0.3) is 0 Å². The molecule has 2 N–H and O–H groups in total. The number of aliphatic hydroxyl groups excluding tert-OH is 1. The molecule has 0 aliphatic carbocycles. The molecule has 0 amide bonds. The second-order valence-electron chi connectivity index (χ2n) is 5.05. The van der Waals surface area contributed by atoms with Gasteiger partial charge in [0.15, 0.2) is 0 Å². The van der Waals surface area contributed by atoms with Crippen LogP contribution in [0.2, 0.25) is 0 Å². The normalized spacial score (nSPS) is 15.4. The van der Waals surface area contributed by atoms with Gasteiger partial charge in [-0.1, -0.05) is 36.4 Å². The van der Waals surface area contributed by atoms with Gasteiger partial charge in [-0.25, -0.2) is 0 Å². The Kier molecular flexibility index (Phi) is 3.37. The van der Waals surface area contributed by atoms with Gasteiger partial charge in [0, 0.05) is 17.8 Å². The number of anilines is 1. The zero-order chi connectivity index (χ0) is 15.0. The van der Waals surface area contributed by atoms with Crippen LogP contribution >= 0.6 is 0 Å². The van der Waals surface area contributed by atoms with Gasteiger partial charge in [-0.3, -0.25) is 0 Å². The highest BCUT2D eigenvalue weighted by Gasteiger charge is 2.35. The van der Waals surface area contributed by atoms with E-state index in [2.05, 4.69) is 5.32 Å². The van der Waals surface area contributed by atoms with Crippen molar-refractivity contribution in [3.8, 4) is 0 Å². The van der Waals surface area contributed by atoms with E-state index in [1.807, 2.05) is 6.07 Å². The number of aliphatic hydroxyl groups is 1. The highest BCUT2D eigenvalue weighted by molar-refractivity contribution is 5.63. The van der Waals surface area contributed by atoms with E-state index in [9.17, 15) is 18.3 Å². The first-order valence-electron chi connectivity index (χ1n) is 6.68. The molecule has 2 aromatic carbocycles. The number of fused-ring (bicyclic) bond motifs is 1. The maximum absolute atomic E-state index is 13.1. The molecule has 1 aliphatic heterocycles. The molecule has 2 nitrogen and oxygen atoms in total. The third kappa shape index (κ3) is 2.49. The van der Waals surface area contributed by atoms with Gasteiger partial charge in [0.25, 0.3) is 0 Å². The molecule has 0 saturated heterocycles. The summed E-state index contributed by atoms with van der Waals surface area (Å²) in [4.78, 5) is 0. The van der Waals surface area contributed by atoms with Crippen molar-refractivity contribution in [1.29, 1.82) is 0 Å². The highest BCUT2D eigenvalue weighted by atomic mass is 19.4. The standard InChI is InChI=1S/C16H14F3NO/c17-16(18,19)13-7-2-1-5-11(13)15(21)12-6-3-4-10-8-9-20-14(10)12/h1-7,15,20-21H,8-9H2. The lowest BCUT2D eigenvalue weighted by atomic mass is 9.94. The quantitative estimate of drug-likeness (QED) is 0.883. The Bertz CT molecular complexity index is 667. The van der Waals surface area contributed by atoms with Crippen molar-refractivity contribution in [2.45, 2.75) is 18.7 Å². The number of benzene rings is 2. The Labute approximate surface area is 120 Å². The molecule has 0 radical (unpaired) electrons. The van der Waals surface area contributed by atoms with Gasteiger partial charge in [0.2, 0.25) is 0 Å². The summed E-state index contributed by atoms with van der Waals surface area (Å²) < 4.78 is 39.2. The molecular formula is C16H14F3NO. The topological polar surface area (TPSA) is 32.3 Å². The second-order valence-corrected chi connectivity index (χ2v) is 5.05. The Morgan fingerprint density at radius 2 is 1.71 bits per heavy atom. The smallest absolute Gasteiger partial charge is 0.384 e. The van der Waals surface area contributed by atoms with E-state index in [4.69, 9.17) is 0 Å². The zero-order valence-corrected chi connectivity index (χ0v) is 11.1. The molecule has 3 rings (SSSR count). The molecule has 5 heteroatoms. The Balaban J connectivity index is 2.08. The lowest BCUT2D eigenvalue weighted by Crippen LogP contribution is -2.13. The minimum Gasteiger partial charge on any atom is -0.384 e. The number of alkyl halides is 3. The van der Waals surface area contributed by atoms with E-state index in [-0.39, 0.29) is 5.56 Å². The number of para-hydroxylation sites is 1. The first-order valence-corrected chi connectivity index (χ1v) is 6.68. The van der Waals surface area contributed by atoms with E-state index in [0.717, 1.165) is 30.3 Å². The van der Waals surface area contributed by atoms with Crippen LogP contribution in [0.15, 0.2) is 42.5 Å². The molecule has 0 saturated carbocycles. The number of hydrogen-bond acceptors (Lipinski definition) is 2. The number of rotatable bonds is 2. The molecule has 2 aromatic rings. The van der Waals surface area contributed by atoms with Gasteiger partial charge in [0.05, 0.1) is 5.56 Å². The van der Waals surface area contributed by atoms with Gasteiger partial charge < -0.3 is 10.4 Å². The lowest BCUT2D eigenvalue weighted by Gasteiger charge is -2.20. The van der Waals surface area contributed by atoms with Gasteiger partial charge in [-0.05, 0) is 23.6 Å². The van der Waals surface area contributed by atoms with E-state index < -0.39 is 17.8 Å². The summed E-state index contributed by atoms with van der Waals surface area (Å²) in [6.07, 6.45) is -4.97. The third-order valence-electron chi connectivity index (χ3n) is 3.73. The maximum Gasteiger partial charge on any atom is 0.416 e. The maximum atomic E-state index is 13.1. The van der Waals surface area contributed by atoms with Crippen LogP contribution in [-0.4, -0.2) is 11.7 Å². The van der Waals surface area contributed by atoms with Crippen LogP contribution < -0.4 is 5.32 Å². The summed E-state index contributed by atoms with van der Waals surface area (Å²) >= 11 is 0. The summed E-state index contributed by atoms with van der Waals surface area (Å²) in [6, 6.07) is 10.5. The van der Waals surface area contributed by atoms with Gasteiger partial charge in [-0.2, -0.15) is 13.2 Å². The fourth-order valence-electron chi connectivity index (χ4n) is 2.76. The molecule has 0 aromatic heterocycles. The second kappa shape index (κ2) is 5.07. The molecule has 21 heavy (non-hydrogen) atoms. The molecule has 0 bridgehead atoms. The van der Waals surface area contributed by atoms with Crippen molar-refractivity contribution < 1.29 is 18.3 Å². The van der Waals surface area contributed by atoms with Crippen LogP contribution in [-0.2, 0) is 12.6 Å². The molecular weight excluding hydrogens is 279 g/mol. The van der Waals surface area contributed by atoms with E-state index in [1.165, 1.54) is 18.2 Å². The monoisotopic (exact) mass is 293 g/mol. The first kappa shape index (κ1) is 13.9. The van der Waals surface area contributed by atoms with Crippen LogP contribution in [0.4, 0.5) is 18.9 Å². The summed E-state index contributed by atoms with van der Waals surface area (Å²) in [6.45, 7) is 0.736. The predicted octanol–water partition coefficient (Wildman–Crippen LogP) is 3.76. The molecule has 1 aliphatic rings. The van der Waals surface area contributed by atoms with Gasteiger partial charge >= 0.3 is 6.18 Å². The molecule has 1 heterocycles. The van der Waals surface area contributed by atoms with Crippen LogP contribution in [0.5, 0.6) is 0 Å². The number of hydrogen-bond donors (Lipinski definition) is 2. The molecule has 0 fully saturated rings. The third-order valence-corrected chi connectivity index (χ3v) is 3.73. The highest BCUT2D eigenvalue weighted by Crippen LogP contribution is 2.39. The van der Waals surface area contributed by atoms with Gasteiger partial charge in [-0.15, -0.1) is 0 Å². The fraction of sp³-hybridized carbons (Fsp3) is 0.250. The van der Waals surface area contributed by atoms with Crippen molar-refractivity contribution in [3.05, 3.63) is 64.7 Å². The van der Waals surface area contributed by atoms with Crippen molar-refractivity contribution in [2.75, 3.05) is 11.9 Å². The van der Waals surface area contributed by atoms with Gasteiger partial charge in [0.1, 0.15) is 6.10 Å². The molecule has 1 atom stereocenters. The first-order chi connectivity index (χ1) is 9.98. The summed E-state index contributed by atoms with van der Waals surface area (Å²) in [5.41, 5.74) is 1.35. The lowest BCUT2D eigenvalue weighted by molar-refractivity contribution is -0.139. The molecule has 1 unspecified atom stereocenters. The average Bonchev–Trinajstić information content (AvgIpc) is 2.94. The van der Waals surface area contributed by atoms with E-state index in [0.29, 0.717) is 5.56 Å².